The van der Waals surface area contributed by atoms with Crippen LogP contribution >= 0.6 is 11.8 Å². The van der Waals surface area contributed by atoms with Gasteiger partial charge in [-0.15, -0.1) is 0 Å². The zero-order valence-corrected chi connectivity index (χ0v) is 11.1. The van der Waals surface area contributed by atoms with Gasteiger partial charge in [0.1, 0.15) is 0 Å². The van der Waals surface area contributed by atoms with E-state index in [0.717, 1.165) is 24.5 Å². The van der Waals surface area contributed by atoms with Gasteiger partial charge in [0.2, 0.25) is 0 Å². The van der Waals surface area contributed by atoms with E-state index in [0.29, 0.717) is 5.92 Å². The van der Waals surface area contributed by atoms with Crippen LogP contribution in [0, 0.1) is 5.92 Å². The van der Waals surface area contributed by atoms with Gasteiger partial charge in [-0.3, -0.25) is 0 Å². The van der Waals surface area contributed by atoms with Crippen molar-refractivity contribution in [3.8, 4) is 0 Å². The molecular weight excluding hydrogens is 232 g/mol. The van der Waals surface area contributed by atoms with Crippen molar-refractivity contribution >= 4 is 11.8 Å². The summed E-state index contributed by atoms with van der Waals surface area (Å²) in [5.41, 5.74) is 2.78. The third-order valence-corrected chi connectivity index (χ3v) is 4.42. The lowest BCUT2D eigenvalue weighted by molar-refractivity contribution is 0.0587. The van der Waals surface area contributed by atoms with Crippen molar-refractivity contribution in [2.24, 2.45) is 5.92 Å². The lowest BCUT2D eigenvalue weighted by Gasteiger charge is -2.26. The molecule has 0 saturated carbocycles. The fraction of sp³-hybridized carbons (Fsp3) is 0.571. The topological polar surface area (TPSA) is 29.5 Å². The van der Waals surface area contributed by atoms with E-state index >= 15 is 0 Å². The molecule has 2 unspecified atom stereocenters. The van der Waals surface area contributed by atoms with E-state index in [2.05, 4.69) is 31.2 Å². The molecule has 0 fully saturated rings. The van der Waals surface area contributed by atoms with Gasteiger partial charge in [0.15, 0.2) is 0 Å². The van der Waals surface area contributed by atoms with Crippen molar-refractivity contribution < 1.29 is 9.84 Å². The van der Waals surface area contributed by atoms with Crippen molar-refractivity contribution in [3.63, 3.8) is 0 Å². The summed E-state index contributed by atoms with van der Waals surface area (Å²) in [4.78, 5) is 0. The summed E-state index contributed by atoms with van der Waals surface area (Å²) >= 11 is 1.87. The zero-order valence-electron chi connectivity index (χ0n) is 10.3. The first kappa shape index (κ1) is 12.9. The van der Waals surface area contributed by atoms with Crippen LogP contribution in [0.1, 0.15) is 24.2 Å². The smallest absolute Gasteiger partial charge is 0.0918 e. The molecule has 94 valence electrons. The number of aliphatic hydroxyl groups excluding tert-OH is 1. The first-order valence-corrected chi connectivity index (χ1v) is 7.34. The molecule has 2 rings (SSSR count). The molecule has 0 spiro atoms. The van der Waals surface area contributed by atoms with Gasteiger partial charge in [0, 0.05) is 12.4 Å². The number of rotatable bonds is 5. The molecule has 1 heterocycles. The van der Waals surface area contributed by atoms with Gasteiger partial charge in [-0.25, -0.2) is 0 Å². The zero-order chi connectivity index (χ0) is 12.1. The van der Waals surface area contributed by atoms with E-state index in [1.165, 1.54) is 11.1 Å². The molecule has 0 saturated heterocycles. The molecule has 1 aromatic carbocycles. The van der Waals surface area contributed by atoms with Crippen LogP contribution in [0.25, 0.3) is 0 Å². The molecule has 3 heteroatoms. The second kappa shape index (κ2) is 6.43. The molecule has 0 amide bonds. The predicted molar refractivity (Wildman–Crippen MR) is 72.4 cm³/mol. The Morgan fingerprint density at radius 2 is 2.29 bits per heavy atom. The van der Waals surface area contributed by atoms with E-state index in [1.54, 1.807) is 0 Å². The Bertz CT molecular complexity index is 354. The first-order valence-electron chi connectivity index (χ1n) is 6.19. The molecule has 0 bridgehead atoms. The van der Waals surface area contributed by atoms with Crippen LogP contribution in [0.5, 0.6) is 0 Å². The van der Waals surface area contributed by atoms with Gasteiger partial charge >= 0.3 is 0 Å². The molecule has 2 atom stereocenters. The maximum atomic E-state index is 8.98. The van der Waals surface area contributed by atoms with Gasteiger partial charge in [-0.2, -0.15) is 11.8 Å². The monoisotopic (exact) mass is 252 g/mol. The highest BCUT2D eigenvalue weighted by Gasteiger charge is 2.20. The highest BCUT2D eigenvalue weighted by molar-refractivity contribution is 7.99. The molecule has 0 radical (unpaired) electrons. The molecule has 1 aromatic rings. The van der Waals surface area contributed by atoms with Gasteiger partial charge < -0.3 is 9.84 Å². The van der Waals surface area contributed by atoms with E-state index in [9.17, 15) is 0 Å². The van der Waals surface area contributed by atoms with Gasteiger partial charge in [-0.05, 0) is 29.2 Å². The van der Waals surface area contributed by atoms with Crippen LogP contribution in [0.2, 0.25) is 0 Å². The number of hydrogen-bond donors (Lipinski definition) is 1. The quantitative estimate of drug-likeness (QED) is 0.873. The lowest BCUT2D eigenvalue weighted by Crippen LogP contribution is -2.18. The number of aliphatic hydroxyl groups is 1. The molecule has 17 heavy (non-hydrogen) atoms. The summed E-state index contributed by atoms with van der Waals surface area (Å²) in [6, 6.07) is 8.56. The summed E-state index contributed by atoms with van der Waals surface area (Å²) in [7, 11) is 0. The molecular formula is C14H20O2S. The van der Waals surface area contributed by atoms with Crippen LogP contribution < -0.4 is 0 Å². The maximum absolute atomic E-state index is 8.98. The fourth-order valence-corrected chi connectivity index (χ4v) is 3.18. The van der Waals surface area contributed by atoms with Crippen LogP contribution in [-0.2, 0) is 11.2 Å². The summed E-state index contributed by atoms with van der Waals surface area (Å²) in [6.45, 7) is 3.18. The predicted octanol–water partition coefficient (Wildman–Crippen LogP) is 2.66. The number of fused-ring (bicyclic) bond motifs is 1. The summed E-state index contributed by atoms with van der Waals surface area (Å²) in [5, 5.41) is 8.98. The highest BCUT2D eigenvalue weighted by Crippen LogP contribution is 2.30. The van der Waals surface area contributed by atoms with Crippen molar-refractivity contribution in [3.05, 3.63) is 35.4 Å². The minimum atomic E-state index is 0.232. The molecule has 1 N–H and O–H groups in total. The van der Waals surface area contributed by atoms with E-state index in [4.69, 9.17) is 9.84 Å². The summed E-state index contributed by atoms with van der Waals surface area (Å²) < 4.78 is 5.84. The Kier molecular flexibility index (Phi) is 4.89. The van der Waals surface area contributed by atoms with Gasteiger partial charge in [0.25, 0.3) is 0 Å². The van der Waals surface area contributed by atoms with Crippen molar-refractivity contribution in [2.45, 2.75) is 19.4 Å². The largest absolute Gasteiger partial charge is 0.396 e. The van der Waals surface area contributed by atoms with Crippen LogP contribution in [0.15, 0.2) is 24.3 Å². The maximum Gasteiger partial charge on any atom is 0.0918 e. The molecule has 2 nitrogen and oxygen atoms in total. The van der Waals surface area contributed by atoms with E-state index in [-0.39, 0.29) is 12.7 Å². The standard InChI is InChI=1S/C14H20O2S/c1-11(8-15)9-17-10-14-13-5-3-2-4-12(13)6-7-16-14/h2-5,11,14-15H,6-10H2,1H3. The third kappa shape index (κ3) is 3.47. The van der Waals surface area contributed by atoms with Crippen LogP contribution in [0.3, 0.4) is 0 Å². The summed E-state index contributed by atoms with van der Waals surface area (Å²) in [6.07, 6.45) is 1.26. The number of benzene rings is 1. The number of hydrogen-bond acceptors (Lipinski definition) is 3. The minimum absolute atomic E-state index is 0.232. The lowest BCUT2D eigenvalue weighted by atomic mass is 9.99. The van der Waals surface area contributed by atoms with Crippen LogP contribution in [0.4, 0.5) is 0 Å². The van der Waals surface area contributed by atoms with E-state index < -0.39 is 0 Å². The SMILES string of the molecule is CC(CO)CSCC1OCCc2ccccc21. The molecule has 1 aliphatic rings. The van der Waals surface area contributed by atoms with Crippen molar-refractivity contribution in [1.29, 1.82) is 0 Å². The molecule has 0 aromatic heterocycles. The summed E-state index contributed by atoms with van der Waals surface area (Å²) in [5.74, 6) is 2.36. The average molecular weight is 252 g/mol. The Morgan fingerprint density at radius 1 is 1.47 bits per heavy atom. The first-order chi connectivity index (χ1) is 8.31. The minimum Gasteiger partial charge on any atom is -0.396 e. The van der Waals surface area contributed by atoms with Crippen molar-refractivity contribution in [1.82, 2.24) is 0 Å². The highest BCUT2D eigenvalue weighted by atomic mass is 32.2. The Hall–Kier alpha value is -0.510. The van der Waals surface area contributed by atoms with Gasteiger partial charge in [0.05, 0.1) is 12.7 Å². The Balaban J connectivity index is 1.90. The van der Waals surface area contributed by atoms with Crippen LogP contribution in [-0.4, -0.2) is 29.8 Å². The van der Waals surface area contributed by atoms with Gasteiger partial charge in [-0.1, -0.05) is 31.2 Å². The normalized spacial score (nSPS) is 20.9. The van der Waals surface area contributed by atoms with E-state index in [1.807, 2.05) is 11.8 Å². The van der Waals surface area contributed by atoms with Crippen molar-refractivity contribution in [2.75, 3.05) is 24.7 Å². The fourth-order valence-electron chi connectivity index (χ4n) is 2.04. The Labute approximate surface area is 107 Å². The second-order valence-corrected chi connectivity index (χ2v) is 5.71. The number of thioether (sulfide) groups is 1. The molecule has 0 aliphatic carbocycles. The second-order valence-electron chi connectivity index (χ2n) is 4.63. The number of ether oxygens (including phenoxy) is 1. The Morgan fingerprint density at radius 3 is 3.12 bits per heavy atom. The third-order valence-electron chi connectivity index (χ3n) is 3.08. The molecule has 1 aliphatic heterocycles. The average Bonchev–Trinajstić information content (AvgIpc) is 2.39.